The van der Waals surface area contributed by atoms with Crippen molar-refractivity contribution in [2.45, 2.75) is 44.1 Å². The SMILES string of the molecule is NC1(CC(=O)c2c(F)cccc2F)CCCCC1. The van der Waals surface area contributed by atoms with E-state index < -0.39 is 28.5 Å². The molecule has 2 N–H and O–H groups in total. The average molecular weight is 253 g/mol. The Hall–Kier alpha value is -1.29. The van der Waals surface area contributed by atoms with Crippen LogP contribution in [0.3, 0.4) is 0 Å². The van der Waals surface area contributed by atoms with Crippen LogP contribution in [0.1, 0.15) is 48.9 Å². The van der Waals surface area contributed by atoms with E-state index in [2.05, 4.69) is 0 Å². The molecule has 2 rings (SSSR count). The molecule has 0 radical (unpaired) electrons. The molecule has 1 fully saturated rings. The van der Waals surface area contributed by atoms with Crippen molar-refractivity contribution >= 4 is 5.78 Å². The maximum Gasteiger partial charge on any atom is 0.170 e. The zero-order valence-electron chi connectivity index (χ0n) is 10.2. The van der Waals surface area contributed by atoms with E-state index in [4.69, 9.17) is 5.73 Å². The zero-order valence-corrected chi connectivity index (χ0v) is 10.2. The van der Waals surface area contributed by atoms with Crippen LogP contribution < -0.4 is 5.73 Å². The summed E-state index contributed by atoms with van der Waals surface area (Å²) in [6.07, 6.45) is 4.57. The molecular weight excluding hydrogens is 236 g/mol. The third-order valence-corrected chi connectivity index (χ3v) is 3.60. The molecule has 0 bridgehead atoms. The fourth-order valence-electron chi connectivity index (χ4n) is 2.61. The summed E-state index contributed by atoms with van der Waals surface area (Å²) in [5, 5.41) is 0. The van der Waals surface area contributed by atoms with Crippen LogP contribution in [0.2, 0.25) is 0 Å². The lowest BCUT2D eigenvalue weighted by Crippen LogP contribution is -2.43. The Labute approximate surface area is 105 Å². The number of ketones is 1. The van der Waals surface area contributed by atoms with Crippen molar-refractivity contribution in [3.05, 3.63) is 35.4 Å². The van der Waals surface area contributed by atoms with Gasteiger partial charge < -0.3 is 5.73 Å². The second kappa shape index (κ2) is 5.14. The molecule has 0 amide bonds. The molecule has 0 saturated heterocycles. The molecule has 1 aromatic carbocycles. The molecule has 1 aromatic rings. The molecule has 0 spiro atoms. The van der Waals surface area contributed by atoms with E-state index in [9.17, 15) is 13.6 Å². The van der Waals surface area contributed by atoms with Gasteiger partial charge in [-0.1, -0.05) is 25.3 Å². The lowest BCUT2D eigenvalue weighted by molar-refractivity contribution is 0.0926. The largest absolute Gasteiger partial charge is 0.325 e. The summed E-state index contributed by atoms with van der Waals surface area (Å²) in [5.74, 6) is -2.14. The molecule has 4 heteroatoms. The van der Waals surface area contributed by atoms with E-state index in [0.29, 0.717) is 0 Å². The Morgan fingerprint density at radius 2 is 1.72 bits per heavy atom. The van der Waals surface area contributed by atoms with Crippen LogP contribution >= 0.6 is 0 Å². The van der Waals surface area contributed by atoms with Crippen molar-refractivity contribution in [1.29, 1.82) is 0 Å². The summed E-state index contributed by atoms with van der Waals surface area (Å²) in [6, 6.07) is 3.45. The Bertz CT molecular complexity index is 433. The van der Waals surface area contributed by atoms with Crippen molar-refractivity contribution in [3.63, 3.8) is 0 Å². The van der Waals surface area contributed by atoms with Crippen LogP contribution in [0, 0.1) is 11.6 Å². The summed E-state index contributed by atoms with van der Waals surface area (Å²) >= 11 is 0. The van der Waals surface area contributed by atoms with Crippen LogP contribution in [0.15, 0.2) is 18.2 Å². The van der Waals surface area contributed by atoms with Gasteiger partial charge in [0.25, 0.3) is 0 Å². The second-order valence-electron chi connectivity index (χ2n) is 5.12. The van der Waals surface area contributed by atoms with Gasteiger partial charge in [-0.15, -0.1) is 0 Å². The van der Waals surface area contributed by atoms with Crippen molar-refractivity contribution < 1.29 is 13.6 Å². The third kappa shape index (κ3) is 2.75. The fourth-order valence-corrected chi connectivity index (χ4v) is 2.61. The predicted octanol–water partition coefficient (Wildman–Crippen LogP) is 3.20. The third-order valence-electron chi connectivity index (χ3n) is 3.60. The number of benzene rings is 1. The van der Waals surface area contributed by atoms with Crippen LogP contribution in [0.4, 0.5) is 8.78 Å². The first-order valence-electron chi connectivity index (χ1n) is 6.28. The molecule has 0 atom stereocenters. The summed E-state index contributed by atoms with van der Waals surface area (Å²) in [5.41, 5.74) is 5.09. The standard InChI is InChI=1S/C14H17F2NO/c15-10-5-4-6-11(16)13(10)12(18)9-14(17)7-2-1-3-8-14/h4-6H,1-3,7-9,17H2. The minimum absolute atomic E-state index is 0.0187. The Kier molecular flexibility index (Phi) is 3.76. The van der Waals surface area contributed by atoms with Gasteiger partial charge in [-0.2, -0.15) is 0 Å². The molecule has 0 aliphatic heterocycles. The first kappa shape index (κ1) is 13.1. The van der Waals surface area contributed by atoms with Crippen molar-refractivity contribution in [3.8, 4) is 0 Å². The number of rotatable bonds is 3. The zero-order chi connectivity index (χ0) is 13.2. The number of hydrogen-bond acceptors (Lipinski definition) is 2. The Balaban J connectivity index is 2.17. The van der Waals surface area contributed by atoms with Crippen LogP contribution in [-0.4, -0.2) is 11.3 Å². The van der Waals surface area contributed by atoms with Gasteiger partial charge in [-0.25, -0.2) is 8.78 Å². The van der Waals surface area contributed by atoms with Crippen LogP contribution in [0.5, 0.6) is 0 Å². The summed E-state index contributed by atoms with van der Waals surface area (Å²) in [4.78, 5) is 12.0. The van der Waals surface area contributed by atoms with Crippen LogP contribution in [0.25, 0.3) is 0 Å². The number of nitrogens with two attached hydrogens (primary N) is 1. The highest BCUT2D eigenvalue weighted by Gasteiger charge is 2.32. The van der Waals surface area contributed by atoms with Crippen molar-refractivity contribution in [1.82, 2.24) is 0 Å². The normalized spacial score (nSPS) is 18.6. The molecule has 0 aromatic heterocycles. The summed E-state index contributed by atoms with van der Waals surface area (Å²) < 4.78 is 27.0. The Morgan fingerprint density at radius 1 is 1.17 bits per heavy atom. The van der Waals surface area contributed by atoms with Crippen molar-refractivity contribution in [2.75, 3.05) is 0 Å². The highest BCUT2D eigenvalue weighted by Crippen LogP contribution is 2.30. The average Bonchev–Trinajstić information content (AvgIpc) is 2.28. The van der Waals surface area contributed by atoms with Gasteiger partial charge in [-0.3, -0.25) is 4.79 Å². The molecule has 1 saturated carbocycles. The lowest BCUT2D eigenvalue weighted by Gasteiger charge is -2.32. The smallest absolute Gasteiger partial charge is 0.170 e. The minimum Gasteiger partial charge on any atom is -0.325 e. The topological polar surface area (TPSA) is 43.1 Å². The minimum atomic E-state index is -0.806. The van der Waals surface area contributed by atoms with E-state index >= 15 is 0 Å². The summed E-state index contributed by atoms with van der Waals surface area (Å²) in [6.45, 7) is 0. The number of carbonyl (C=O) groups excluding carboxylic acids is 1. The van der Waals surface area contributed by atoms with Gasteiger partial charge in [-0.05, 0) is 25.0 Å². The first-order chi connectivity index (χ1) is 8.52. The highest BCUT2D eigenvalue weighted by atomic mass is 19.1. The molecule has 0 heterocycles. The van der Waals surface area contributed by atoms with E-state index in [1.165, 1.54) is 6.07 Å². The fraction of sp³-hybridized carbons (Fsp3) is 0.500. The monoisotopic (exact) mass is 253 g/mol. The van der Waals surface area contributed by atoms with Crippen LogP contribution in [-0.2, 0) is 0 Å². The van der Waals surface area contributed by atoms with E-state index in [-0.39, 0.29) is 6.42 Å². The molecule has 1 aliphatic rings. The number of halogens is 2. The number of hydrogen-bond donors (Lipinski definition) is 1. The molecule has 2 nitrogen and oxygen atoms in total. The van der Waals surface area contributed by atoms with Gasteiger partial charge >= 0.3 is 0 Å². The van der Waals surface area contributed by atoms with E-state index in [1.54, 1.807) is 0 Å². The van der Waals surface area contributed by atoms with Crippen molar-refractivity contribution in [2.24, 2.45) is 5.73 Å². The maximum atomic E-state index is 13.5. The van der Waals surface area contributed by atoms with Gasteiger partial charge in [0.15, 0.2) is 5.78 Å². The predicted molar refractivity (Wildman–Crippen MR) is 65.3 cm³/mol. The second-order valence-corrected chi connectivity index (χ2v) is 5.12. The molecule has 98 valence electrons. The molecule has 18 heavy (non-hydrogen) atoms. The Morgan fingerprint density at radius 3 is 2.28 bits per heavy atom. The molecule has 0 unspecified atom stereocenters. The number of carbonyl (C=O) groups is 1. The van der Waals surface area contributed by atoms with E-state index in [0.717, 1.165) is 44.2 Å². The van der Waals surface area contributed by atoms with E-state index in [1.807, 2.05) is 0 Å². The summed E-state index contributed by atoms with van der Waals surface area (Å²) in [7, 11) is 0. The molecule has 1 aliphatic carbocycles. The first-order valence-corrected chi connectivity index (χ1v) is 6.28. The van der Waals surface area contributed by atoms with Gasteiger partial charge in [0, 0.05) is 12.0 Å². The highest BCUT2D eigenvalue weighted by molar-refractivity contribution is 5.97. The lowest BCUT2D eigenvalue weighted by atomic mass is 9.78. The maximum absolute atomic E-state index is 13.5. The quantitative estimate of drug-likeness (QED) is 0.840. The number of Topliss-reactive ketones (excluding diaryl/α,β-unsaturated/α-hetero) is 1. The van der Waals surface area contributed by atoms with Gasteiger partial charge in [0.2, 0.25) is 0 Å². The van der Waals surface area contributed by atoms with Gasteiger partial charge in [0.1, 0.15) is 11.6 Å². The van der Waals surface area contributed by atoms with Gasteiger partial charge in [0.05, 0.1) is 5.56 Å². The molecular formula is C14H17F2NO.